The third-order valence-electron chi connectivity index (χ3n) is 3.66. The second kappa shape index (κ2) is 10.8. The molecule has 2 rings (SSSR count). The van der Waals surface area contributed by atoms with Crippen LogP contribution < -0.4 is 4.74 Å². The van der Waals surface area contributed by atoms with Crippen LogP contribution >= 0.6 is 0 Å². The summed E-state index contributed by atoms with van der Waals surface area (Å²) < 4.78 is 10.9. The molecule has 0 aliphatic heterocycles. The first-order chi connectivity index (χ1) is 12.6. The first-order valence-corrected chi connectivity index (χ1v) is 8.50. The van der Waals surface area contributed by atoms with E-state index in [1.807, 2.05) is 60.7 Å². The fraction of sp³-hybridized carbons (Fsp3) is 0.300. The summed E-state index contributed by atoms with van der Waals surface area (Å²) in [5.41, 5.74) is 0.895. The Labute approximate surface area is 153 Å². The van der Waals surface area contributed by atoms with E-state index in [1.54, 1.807) is 0 Å². The normalized spacial score (nSPS) is 10.2. The zero-order valence-electron chi connectivity index (χ0n) is 14.5. The van der Waals surface area contributed by atoms with Gasteiger partial charge >= 0.3 is 12.1 Å². The van der Waals surface area contributed by atoms with Gasteiger partial charge in [-0.3, -0.25) is 4.79 Å². The monoisotopic (exact) mass is 357 g/mol. The van der Waals surface area contributed by atoms with Crippen LogP contribution in [0.1, 0.15) is 18.4 Å². The lowest BCUT2D eigenvalue weighted by Crippen LogP contribution is -2.36. The fourth-order valence-corrected chi connectivity index (χ4v) is 2.32. The van der Waals surface area contributed by atoms with Crippen LogP contribution in [0.4, 0.5) is 4.79 Å². The van der Waals surface area contributed by atoms with E-state index in [0.29, 0.717) is 26.1 Å². The van der Waals surface area contributed by atoms with Gasteiger partial charge in [-0.15, -0.1) is 0 Å². The molecule has 26 heavy (non-hydrogen) atoms. The van der Waals surface area contributed by atoms with E-state index in [9.17, 15) is 9.59 Å². The summed E-state index contributed by atoms with van der Waals surface area (Å²) in [6, 6.07) is 18.7. The van der Waals surface area contributed by atoms with Crippen LogP contribution in [0.2, 0.25) is 0 Å². The molecule has 0 heterocycles. The summed E-state index contributed by atoms with van der Waals surface area (Å²) in [6.07, 6.45) is -0.112. The van der Waals surface area contributed by atoms with E-state index >= 15 is 0 Å². The van der Waals surface area contributed by atoms with Crippen molar-refractivity contribution in [3.05, 3.63) is 66.2 Å². The van der Waals surface area contributed by atoms with Gasteiger partial charge in [0, 0.05) is 13.0 Å². The number of rotatable bonds is 10. The van der Waals surface area contributed by atoms with Crippen LogP contribution in [0.5, 0.6) is 5.75 Å². The topological polar surface area (TPSA) is 76.1 Å². The number of hydrogen-bond donors (Lipinski definition) is 1. The highest BCUT2D eigenvalue weighted by Gasteiger charge is 2.15. The van der Waals surface area contributed by atoms with Crippen molar-refractivity contribution in [1.29, 1.82) is 0 Å². The lowest BCUT2D eigenvalue weighted by molar-refractivity contribution is -0.137. The number of ether oxygens (including phenoxy) is 2. The molecule has 0 saturated heterocycles. The van der Waals surface area contributed by atoms with Crippen LogP contribution in [0.15, 0.2) is 60.7 Å². The largest absolute Gasteiger partial charge is 0.492 e. The molecular weight excluding hydrogens is 334 g/mol. The highest BCUT2D eigenvalue weighted by Crippen LogP contribution is 2.09. The minimum Gasteiger partial charge on any atom is -0.492 e. The molecule has 0 fully saturated rings. The Morgan fingerprint density at radius 1 is 0.923 bits per heavy atom. The number of carbonyl (C=O) groups is 2. The SMILES string of the molecule is O=C(O)CCCN(CCOc1ccccc1)C(=O)OCc1ccccc1. The van der Waals surface area contributed by atoms with Crippen LogP contribution in [-0.2, 0) is 16.1 Å². The second-order valence-electron chi connectivity index (χ2n) is 5.69. The molecular formula is C20H23NO5. The summed E-state index contributed by atoms with van der Waals surface area (Å²) in [5, 5.41) is 8.78. The standard InChI is InChI=1S/C20H23NO5/c22-19(23)12-7-13-21(14-15-25-18-10-5-2-6-11-18)20(24)26-16-17-8-3-1-4-9-17/h1-6,8-11H,7,12-16H2,(H,22,23). The molecule has 0 aliphatic carbocycles. The van der Waals surface area contributed by atoms with Crippen LogP contribution in [0.3, 0.4) is 0 Å². The zero-order chi connectivity index (χ0) is 18.6. The molecule has 0 radical (unpaired) electrons. The lowest BCUT2D eigenvalue weighted by atomic mass is 10.2. The highest BCUT2D eigenvalue weighted by molar-refractivity contribution is 5.68. The quantitative estimate of drug-likeness (QED) is 0.703. The Morgan fingerprint density at radius 2 is 1.58 bits per heavy atom. The molecule has 6 heteroatoms. The number of nitrogens with zero attached hydrogens (tertiary/aromatic N) is 1. The van der Waals surface area contributed by atoms with Crippen molar-refractivity contribution in [1.82, 2.24) is 4.90 Å². The van der Waals surface area contributed by atoms with Gasteiger partial charge in [-0.05, 0) is 24.1 Å². The molecule has 2 aromatic rings. The predicted octanol–water partition coefficient (Wildman–Crippen LogP) is 3.57. The van der Waals surface area contributed by atoms with Crippen molar-refractivity contribution < 1.29 is 24.2 Å². The van der Waals surface area contributed by atoms with E-state index in [1.165, 1.54) is 4.90 Å². The molecule has 138 valence electrons. The van der Waals surface area contributed by atoms with E-state index in [-0.39, 0.29) is 13.0 Å². The van der Waals surface area contributed by atoms with Gasteiger partial charge in [0.15, 0.2) is 0 Å². The maximum atomic E-state index is 12.3. The summed E-state index contributed by atoms with van der Waals surface area (Å²) in [6.45, 7) is 1.10. The van der Waals surface area contributed by atoms with Crippen LogP contribution in [0.25, 0.3) is 0 Å². The van der Waals surface area contributed by atoms with Crippen molar-refractivity contribution in [2.75, 3.05) is 19.7 Å². The summed E-state index contributed by atoms with van der Waals surface area (Å²) >= 11 is 0. The van der Waals surface area contributed by atoms with E-state index in [4.69, 9.17) is 14.6 Å². The molecule has 0 spiro atoms. The molecule has 0 aromatic heterocycles. The highest BCUT2D eigenvalue weighted by atomic mass is 16.6. The Morgan fingerprint density at radius 3 is 2.23 bits per heavy atom. The number of carboxylic acids is 1. The van der Waals surface area contributed by atoms with Gasteiger partial charge in [0.05, 0.1) is 6.54 Å². The molecule has 0 bridgehead atoms. The number of aliphatic carboxylic acids is 1. The van der Waals surface area contributed by atoms with E-state index in [0.717, 1.165) is 11.3 Å². The predicted molar refractivity (Wildman–Crippen MR) is 97.0 cm³/mol. The van der Waals surface area contributed by atoms with Gasteiger partial charge in [-0.25, -0.2) is 4.79 Å². The fourth-order valence-electron chi connectivity index (χ4n) is 2.32. The molecule has 1 N–H and O–H groups in total. The molecule has 0 atom stereocenters. The minimum absolute atomic E-state index is 0.00199. The number of hydrogen-bond acceptors (Lipinski definition) is 4. The van der Waals surface area contributed by atoms with Gasteiger partial charge in [-0.2, -0.15) is 0 Å². The Bertz CT molecular complexity index is 675. The molecule has 6 nitrogen and oxygen atoms in total. The van der Waals surface area contributed by atoms with Gasteiger partial charge in [0.2, 0.25) is 0 Å². The smallest absolute Gasteiger partial charge is 0.410 e. The van der Waals surface area contributed by atoms with Crippen molar-refractivity contribution in [3.8, 4) is 5.75 Å². The third-order valence-corrected chi connectivity index (χ3v) is 3.66. The lowest BCUT2D eigenvalue weighted by Gasteiger charge is -2.22. The van der Waals surface area contributed by atoms with Crippen molar-refractivity contribution >= 4 is 12.1 Å². The molecule has 1 amide bonds. The number of carbonyl (C=O) groups excluding carboxylic acids is 1. The first-order valence-electron chi connectivity index (χ1n) is 8.50. The molecule has 2 aromatic carbocycles. The van der Waals surface area contributed by atoms with Crippen LogP contribution in [0, 0.1) is 0 Å². The number of carboxylic acid groups (broad SMARTS) is 1. The average molecular weight is 357 g/mol. The third kappa shape index (κ3) is 7.25. The average Bonchev–Trinajstić information content (AvgIpc) is 2.66. The van der Waals surface area contributed by atoms with E-state index in [2.05, 4.69) is 0 Å². The van der Waals surface area contributed by atoms with Crippen molar-refractivity contribution in [2.24, 2.45) is 0 Å². The Kier molecular flexibility index (Phi) is 7.99. The molecule has 0 aliphatic rings. The van der Waals surface area contributed by atoms with E-state index < -0.39 is 12.1 Å². The summed E-state index contributed by atoms with van der Waals surface area (Å²) in [4.78, 5) is 24.5. The summed E-state index contributed by atoms with van der Waals surface area (Å²) in [5.74, 6) is -0.168. The maximum absolute atomic E-state index is 12.3. The van der Waals surface area contributed by atoms with Gasteiger partial charge < -0.3 is 19.5 Å². The number of amides is 1. The van der Waals surface area contributed by atoms with Crippen molar-refractivity contribution in [2.45, 2.75) is 19.4 Å². The summed E-state index contributed by atoms with van der Waals surface area (Å²) in [7, 11) is 0. The zero-order valence-corrected chi connectivity index (χ0v) is 14.5. The first kappa shape index (κ1) is 19.3. The molecule has 0 saturated carbocycles. The number of para-hydroxylation sites is 1. The van der Waals surface area contributed by atoms with Gasteiger partial charge in [0.1, 0.15) is 19.0 Å². The van der Waals surface area contributed by atoms with Crippen LogP contribution in [-0.4, -0.2) is 41.8 Å². The minimum atomic E-state index is -0.886. The Hall–Kier alpha value is -3.02. The maximum Gasteiger partial charge on any atom is 0.410 e. The second-order valence-corrected chi connectivity index (χ2v) is 5.69. The molecule has 0 unspecified atom stereocenters. The van der Waals surface area contributed by atoms with Gasteiger partial charge in [0.25, 0.3) is 0 Å². The Balaban J connectivity index is 1.84. The van der Waals surface area contributed by atoms with Crippen molar-refractivity contribution in [3.63, 3.8) is 0 Å². The van der Waals surface area contributed by atoms with Gasteiger partial charge in [-0.1, -0.05) is 48.5 Å². The number of benzene rings is 2.